The molecule has 0 aliphatic rings. The molecule has 0 aliphatic heterocycles. The van der Waals surface area contributed by atoms with Crippen molar-refractivity contribution in [1.82, 2.24) is 0 Å². The van der Waals surface area contributed by atoms with Crippen molar-refractivity contribution in [3.8, 4) is 11.1 Å². The minimum Gasteiger partial charge on any atom is -0.0626 e. The molecule has 0 nitrogen and oxygen atoms in total. The smallest absolute Gasteiger partial charge is 0.0626 e. The van der Waals surface area contributed by atoms with Crippen LogP contribution < -0.4 is 36.3 Å². The van der Waals surface area contributed by atoms with E-state index in [1.807, 2.05) is 0 Å². The Hall–Kier alpha value is -5.03. The molecule has 0 heterocycles. The molecular weight excluding hydrogens is 573 g/mol. The highest BCUT2D eigenvalue weighted by molar-refractivity contribution is 7.20. The van der Waals surface area contributed by atoms with Gasteiger partial charge in [0.05, 0.1) is 0 Å². The zero-order chi connectivity index (χ0) is 30.5. The molecule has 0 fully saturated rings. The van der Waals surface area contributed by atoms with E-state index in [4.69, 9.17) is 0 Å². The Labute approximate surface area is 269 Å². The fourth-order valence-electron chi connectivity index (χ4n) is 7.06. The Morgan fingerprint density at radius 1 is 0.333 bits per heavy atom. The van der Waals surface area contributed by atoms with E-state index < -0.39 is 16.9 Å². The first kappa shape index (κ1) is 28.7. The summed E-state index contributed by atoms with van der Waals surface area (Å²) >= 11 is 0. The highest BCUT2D eigenvalue weighted by Crippen LogP contribution is 2.22. The lowest BCUT2D eigenvalue weighted by atomic mass is 10.0. The molecule has 0 amide bonds. The molecule has 0 saturated carbocycles. The highest BCUT2D eigenvalue weighted by Gasteiger charge is 2.41. The first-order valence-corrected chi connectivity index (χ1v) is 19.5. The van der Waals surface area contributed by atoms with Gasteiger partial charge in [-0.25, -0.2) is 0 Å². The van der Waals surface area contributed by atoms with Crippen LogP contribution in [0, 0.1) is 6.92 Å². The Bertz CT molecular complexity index is 1890. The van der Waals surface area contributed by atoms with Crippen LogP contribution in [0.4, 0.5) is 0 Å². The minimum atomic E-state index is -2.57. The fourth-order valence-corrected chi connectivity index (χ4v) is 15.0. The Morgan fingerprint density at radius 3 is 1.22 bits per heavy atom. The molecule has 0 bridgehead atoms. The molecule has 0 saturated heterocycles. The summed E-state index contributed by atoms with van der Waals surface area (Å²) in [6, 6.07) is 72.4. The van der Waals surface area contributed by atoms with E-state index in [2.05, 4.69) is 201 Å². The lowest BCUT2D eigenvalue weighted by Gasteiger charge is -2.34. The summed E-state index contributed by atoms with van der Waals surface area (Å²) in [4.78, 5) is 0. The molecule has 45 heavy (non-hydrogen) atoms. The molecule has 216 valence electrons. The van der Waals surface area contributed by atoms with Crippen molar-refractivity contribution in [1.29, 1.82) is 0 Å². The average molecular weight is 609 g/mol. The van der Waals surface area contributed by atoms with Gasteiger partial charge in [0.15, 0.2) is 8.07 Å². The molecule has 7 aromatic rings. The summed E-state index contributed by atoms with van der Waals surface area (Å²) in [7, 11) is -4.39. The summed E-state index contributed by atoms with van der Waals surface area (Å²) in [5, 5.41) is 9.93. The quantitative estimate of drug-likeness (QED) is 0.163. The van der Waals surface area contributed by atoms with Gasteiger partial charge >= 0.3 is 0 Å². The Kier molecular flexibility index (Phi) is 8.24. The van der Waals surface area contributed by atoms with Crippen LogP contribution in [-0.4, -0.2) is 16.9 Å². The van der Waals surface area contributed by atoms with Gasteiger partial charge in [-0.1, -0.05) is 204 Å². The highest BCUT2D eigenvalue weighted by atomic mass is 28.3. The second kappa shape index (κ2) is 12.9. The third-order valence-corrected chi connectivity index (χ3v) is 17.2. The van der Waals surface area contributed by atoms with Crippen LogP contribution in [0.15, 0.2) is 194 Å². The van der Waals surface area contributed by atoms with Crippen LogP contribution >= 0.6 is 0 Å². The largest absolute Gasteiger partial charge is 0.179 e. The standard InChI is InChI=1S/C43H36Si2/c1-34-18-14-15-27-41(34)42-28-16-17-29-43(42)44(35-19-6-2-7-20-35)36-30-32-40(33-31-36)45(37-21-8-3-9-22-37,38-23-10-4-11-24-38)39-25-12-5-13-26-39/h2-33,44H,1H3. The predicted octanol–water partition coefficient (Wildman–Crippen LogP) is 5.29. The molecule has 7 rings (SSSR count). The minimum absolute atomic E-state index is 1.31. The summed E-state index contributed by atoms with van der Waals surface area (Å²) in [6.07, 6.45) is 0. The molecule has 0 aromatic heterocycles. The van der Waals surface area contributed by atoms with E-state index in [0.717, 1.165) is 0 Å². The van der Waals surface area contributed by atoms with Crippen LogP contribution in [-0.2, 0) is 0 Å². The number of benzene rings is 7. The van der Waals surface area contributed by atoms with E-state index in [-0.39, 0.29) is 0 Å². The van der Waals surface area contributed by atoms with Crippen molar-refractivity contribution in [3.05, 3.63) is 200 Å². The van der Waals surface area contributed by atoms with Gasteiger partial charge in [-0.05, 0) is 49.5 Å². The molecule has 1 unspecified atom stereocenters. The second-order valence-corrected chi connectivity index (χ2v) is 18.3. The number of hydrogen-bond acceptors (Lipinski definition) is 0. The topological polar surface area (TPSA) is 0 Å². The Morgan fingerprint density at radius 2 is 0.711 bits per heavy atom. The van der Waals surface area contributed by atoms with Crippen LogP contribution in [0.3, 0.4) is 0 Å². The molecule has 0 radical (unpaired) electrons. The maximum atomic E-state index is 2.45. The molecule has 2 heteroatoms. The van der Waals surface area contributed by atoms with Gasteiger partial charge in [-0.3, -0.25) is 0 Å². The van der Waals surface area contributed by atoms with Crippen LogP contribution in [0.1, 0.15) is 5.56 Å². The Balaban J connectivity index is 1.44. The van der Waals surface area contributed by atoms with E-state index in [0.29, 0.717) is 0 Å². The molecular formula is C43H36Si2. The lowest BCUT2D eigenvalue weighted by Crippen LogP contribution is -2.74. The van der Waals surface area contributed by atoms with Gasteiger partial charge in [0, 0.05) is 0 Å². The van der Waals surface area contributed by atoms with Gasteiger partial charge in [0.2, 0.25) is 0 Å². The zero-order valence-corrected chi connectivity index (χ0v) is 27.7. The third kappa shape index (κ3) is 5.44. The molecule has 0 N–H and O–H groups in total. The number of aryl methyl sites for hydroxylation is 1. The lowest BCUT2D eigenvalue weighted by molar-refractivity contribution is 1.46. The first-order chi connectivity index (χ1) is 22.3. The van der Waals surface area contributed by atoms with E-state index >= 15 is 0 Å². The van der Waals surface area contributed by atoms with Crippen molar-refractivity contribution in [2.24, 2.45) is 0 Å². The van der Waals surface area contributed by atoms with E-state index in [9.17, 15) is 0 Å². The summed E-state index contributed by atoms with van der Waals surface area (Å²) in [5.74, 6) is 0. The van der Waals surface area contributed by atoms with Crippen LogP contribution in [0.5, 0.6) is 0 Å². The van der Waals surface area contributed by atoms with Crippen molar-refractivity contribution >= 4 is 53.2 Å². The van der Waals surface area contributed by atoms with Gasteiger partial charge in [-0.2, -0.15) is 0 Å². The SMILES string of the molecule is Cc1ccccc1-c1ccccc1[SiH](c1ccccc1)c1ccc([Si](c2ccccc2)(c2ccccc2)c2ccccc2)cc1. The molecule has 7 aromatic carbocycles. The van der Waals surface area contributed by atoms with Crippen molar-refractivity contribution < 1.29 is 0 Å². The maximum absolute atomic E-state index is 2.57. The monoisotopic (exact) mass is 608 g/mol. The predicted molar refractivity (Wildman–Crippen MR) is 199 cm³/mol. The van der Waals surface area contributed by atoms with Gasteiger partial charge in [0.1, 0.15) is 8.80 Å². The van der Waals surface area contributed by atoms with Gasteiger partial charge in [0.25, 0.3) is 0 Å². The first-order valence-electron chi connectivity index (χ1n) is 15.7. The maximum Gasteiger partial charge on any atom is 0.179 e. The average Bonchev–Trinajstić information content (AvgIpc) is 3.12. The van der Waals surface area contributed by atoms with Crippen LogP contribution in [0.25, 0.3) is 11.1 Å². The van der Waals surface area contributed by atoms with Crippen molar-refractivity contribution in [2.45, 2.75) is 6.92 Å². The fraction of sp³-hybridized carbons (Fsp3) is 0.0233. The van der Waals surface area contributed by atoms with Crippen LogP contribution in [0.2, 0.25) is 0 Å². The molecule has 1 atom stereocenters. The van der Waals surface area contributed by atoms with E-state index in [1.165, 1.54) is 53.0 Å². The van der Waals surface area contributed by atoms with Gasteiger partial charge < -0.3 is 0 Å². The van der Waals surface area contributed by atoms with Gasteiger partial charge in [-0.15, -0.1) is 0 Å². The molecule has 0 aliphatic carbocycles. The number of rotatable bonds is 8. The number of hydrogen-bond donors (Lipinski definition) is 0. The summed E-state index contributed by atoms with van der Waals surface area (Å²) in [5.41, 5.74) is 3.98. The second-order valence-electron chi connectivity index (χ2n) is 11.7. The normalized spacial score (nSPS) is 12.0. The molecule has 0 spiro atoms. The third-order valence-electron chi connectivity index (χ3n) is 9.14. The van der Waals surface area contributed by atoms with Crippen molar-refractivity contribution in [2.75, 3.05) is 0 Å². The zero-order valence-electron chi connectivity index (χ0n) is 25.6. The van der Waals surface area contributed by atoms with E-state index in [1.54, 1.807) is 0 Å². The summed E-state index contributed by atoms with van der Waals surface area (Å²) < 4.78 is 0. The summed E-state index contributed by atoms with van der Waals surface area (Å²) in [6.45, 7) is 2.22. The van der Waals surface area contributed by atoms with Crippen molar-refractivity contribution in [3.63, 3.8) is 0 Å².